The van der Waals surface area contributed by atoms with Gasteiger partial charge in [0.25, 0.3) is 0 Å². The summed E-state index contributed by atoms with van der Waals surface area (Å²) in [6.07, 6.45) is 7.03. The number of thiophene rings is 1. The summed E-state index contributed by atoms with van der Waals surface area (Å²) in [5.41, 5.74) is 4.75. The first kappa shape index (κ1) is 21.4. The molecule has 30 heavy (non-hydrogen) atoms. The molecule has 0 aromatic carbocycles. The van der Waals surface area contributed by atoms with Gasteiger partial charge in [0.05, 0.1) is 43.1 Å². The molecule has 6 nitrogen and oxygen atoms in total. The van der Waals surface area contributed by atoms with Crippen molar-refractivity contribution in [2.24, 2.45) is 0 Å². The van der Waals surface area contributed by atoms with Crippen molar-refractivity contribution in [3.05, 3.63) is 23.1 Å². The van der Waals surface area contributed by atoms with Gasteiger partial charge in [-0.15, -0.1) is 11.3 Å². The third-order valence-corrected chi connectivity index (χ3v) is 6.91. The van der Waals surface area contributed by atoms with Crippen molar-refractivity contribution in [2.75, 3.05) is 32.5 Å². The van der Waals surface area contributed by atoms with E-state index in [1.54, 1.807) is 17.7 Å². The highest BCUT2D eigenvalue weighted by Gasteiger charge is 2.31. The molecule has 1 aliphatic heterocycles. The normalized spacial score (nSPS) is 15.8. The Hall–Kier alpha value is -1.83. The summed E-state index contributed by atoms with van der Waals surface area (Å²) in [5.74, 6) is 0.937. The average Bonchev–Trinajstić information content (AvgIpc) is 3.07. The number of rotatable bonds is 8. The van der Waals surface area contributed by atoms with Crippen LogP contribution in [-0.4, -0.2) is 47.7 Å². The fraction of sp³-hybridized carbons (Fsp3) is 0.609. The quantitative estimate of drug-likeness (QED) is 0.539. The molecule has 3 aromatic heterocycles. The van der Waals surface area contributed by atoms with E-state index in [-0.39, 0.29) is 5.60 Å². The minimum atomic E-state index is -0.166. The SMILES string of the molecule is CCCCc1nc2sc3c(NCCC[NH+](C)C)ncnc3c2c2c1COC(C)(C)C2. The lowest BCUT2D eigenvalue weighted by Crippen LogP contribution is -3.05. The number of hydrogen-bond acceptors (Lipinski definition) is 6. The molecule has 4 rings (SSSR count). The van der Waals surface area contributed by atoms with Crippen LogP contribution in [0.15, 0.2) is 6.33 Å². The second-order valence-corrected chi connectivity index (χ2v) is 10.3. The van der Waals surface area contributed by atoms with E-state index in [0.717, 1.165) is 59.6 Å². The van der Waals surface area contributed by atoms with Gasteiger partial charge in [0.1, 0.15) is 17.0 Å². The lowest BCUT2D eigenvalue weighted by atomic mass is 9.88. The molecule has 1 aliphatic rings. The topological polar surface area (TPSA) is 64.4 Å². The Morgan fingerprint density at radius 1 is 1.20 bits per heavy atom. The van der Waals surface area contributed by atoms with Crippen LogP contribution in [0.4, 0.5) is 5.82 Å². The molecule has 0 atom stereocenters. The van der Waals surface area contributed by atoms with Crippen molar-refractivity contribution >= 4 is 37.6 Å². The van der Waals surface area contributed by atoms with Crippen molar-refractivity contribution < 1.29 is 9.64 Å². The monoisotopic (exact) mass is 428 g/mol. The summed E-state index contributed by atoms with van der Waals surface area (Å²) in [6, 6.07) is 0. The highest BCUT2D eigenvalue weighted by molar-refractivity contribution is 7.26. The highest BCUT2D eigenvalue weighted by atomic mass is 32.1. The Bertz CT molecular complexity index is 1040. The molecule has 4 heterocycles. The maximum Gasteiger partial charge on any atom is 0.147 e. The van der Waals surface area contributed by atoms with Gasteiger partial charge in [-0.2, -0.15) is 0 Å². The standard InChI is InChI=1S/C23H33N5OS/c1-6-7-9-17-16-13-29-23(2,3)12-15(16)18-19-20(30-22(18)27-17)21(26-14-25-19)24-10-8-11-28(4)5/h14H,6-13H2,1-5H3,(H,24,25,26)/p+1. The number of pyridine rings is 1. The molecule has 0 saturated carbocycles. The zero-order valence-corrected chi connectivity index (χ0v) is 19.7. The minimum absolute atomic E-state index is 0.166. The molecule has 0 bridgehead atoms. The number of ether oxygens (including phenoxy) is 1. The number of fused-ring (bicyclic) bond motifs is 5. The molecule has 0 saturated heterocycles. The van der Waals surface area contributed by atoms with Crippen molar-refractivity contribution in [1.29, 1.82) is 0 Å². The first-order chi connectivity index (χ1) is 14.4. The molecule has 0 fully saturated rings. The molecule has 0 amide bonds. The van der Waals surface area contributed by atoms with Gasteiger partial charge in [-0.05, 0) is 32.3 Å². The van der Waals surface area contributed by atoms with E-state index in [9.17, 15) is 0 Å². The van der Waals surface area contributed by atoms with Gasteiger partial charge in [0.15, 0.2) is 0 Å². The number of nitrogens with zero attached hydrogens (tertiary/aromatic N) is 3. The van der Waals surface area contributed by atoms with Crippen molar-refractivity contribution in [1.82, 2.24) is 15.0 Å². The van der Waals surface area contributed by atoms with E-state index in [1.165, 1.54) is 33.5 Å². The lowest BCUT2D eigenvalue weighted by molar-refractivity contribution is -0.858. The molecule has 162 valence electrons. The molecular formula is C23H34N5OS+. The lowest BCUT2D eigenvalue weighted by Gasteiger charge is -2.33. The fourth-order valence-corrected chi connectivity index (χ4v) is 5.34. The summed E-state index contributed by atoms with van der Waals surface area (Å²) in [4.78, 5) is 16.9. The number of hydrogen-bond donors (Lipinski definition) is 2. The smallest absolute Gasteiger partial charge is 0.147 e. The van der Waals surface area contributed by atoms with Crippen molar-refractivity contribution in [2.45, 2.75) is 65.1 Å². The van der Waals surface area contributed by atoms with Gasteiger partial charge in [-0.25, -0.2) is 15.0 Å². The maximum atomic E-state index is 6.17. The summed E-state index contributed by atoms with van der Waals surface area (Å²) in [6.45, 7) is 9.28. The second-order valence-electron chi connectivity index (χ2n) is 9.26. The van der Waals surface area contributed by atoms with Crippen molar-refractivity contribution in [3.63, 3.8) is 0 Å². The Labute approximate surface area is 183 Å². The molecule has 3 aromatic rings. The second kappa shape index (κ2) is 8.73. The number of aryl methyl sites for hydroxylation is 1. The molecule has 7 heteroatoms. The van der Waals surface area contributed by atoms with Gasteiger partial charge in [-0.3, -0.25) is 0 Å². The van der Waals surface area contributed by atoms with Crippen LogP contribution >= 0.6 is 11.3 Å². The molecular weight excluding hydrogens is 394 g/mol. The van der Waals surface area contributed by atoms with E-state index in [2.05, 4.69) is 45.2 Å². The fourth-order valence-electron chi connectivity index (χ4n) is 4.20. The zero-order chi connectivity index (χ0) is 21.3. The van der Waals surface area contributed by atoms with Crippen LogP contribution in [-0.2, 0) is 24.2 Å². The minimum Gasteiger partial charge on any atom is -0.370 e. The number of anilines is 1. The number of quaternary nitrogens is 1. The van der Waals surface area contributed by atoms with Crippen LogP contribution in [0.3, 0.4) is 0 Å². The maximum absolute atomic E-state index is 6.17. The number of unbranched alkanes of at least 4 members (excludes halogenated alkanes) is 1. The van der Waals surface area contributed by atoms with E-state index >= 15 is 0 Å². The first-order valence-electron chi connectivity index (χ1n) is 11.1. The van der Waals surface area contributed by atoms with E-state index in [0.29, 0.717) is 6.61 Å². The van der Waals surface area contributed by atoms with Gasteiger partial charge >= 0.3 is 0 Å². The first-order valence-corrected chi connectivity index (χ1v) is 12.0. The van der Waals surface area contributed by atoms with Gasteiger partial charge in [0, 0.05) is 36.0 Å². The summed E-state index contributed by atoms with van der Waals surface area (Å²) in [5, 5.41) is 4.76. The van der Waals surface area contributed by atoms with Crippen LogP contribution in [0.5, 0.6) is 0 Å². The Morgan fingerprint density at radius 2 is 2.03 bits per heavy atom. The Morgan fingerprint density at radius 3 is 2.80 bits per heavy atom. The van der Waals surface area contributed by atoms with Gasteiger partial charge in [-0.1, -0.05) is 13.3 Å². The zero-order valence-electron chi connectivity index (χ0n) is 18.9. The van der Waals surface area contributed by atoms with E-state index in [1.807, 2.05) is 0 Å². The average molecular weight is 429 g/mol. The van der Waals surface area contributed by atoms with Crippen molar-refractivity contribution in [3.8, 4) is 0 Å². The predicted molar refractivity (Wildman–Crippen MR) is 125 cm³/mol. The third-order valence-electron chi connectivity index (χ3n) is 5.83. The Balaban J connectivity index is 1.80. The van der Waals surface area contributed by atoms with Crippen LogP contribution < -0.4 is 10.2 Å². The predicted octanol–water partition coefficient (Wildman–Crippen LogP) is 3.38. The van der Waals surface area contributed by atoms with Crippen LogP contribution in [0.1, 0.15) is 56.9 Å². The molecule has 0 unspecified atom stereocenters. The Kier molecular flexibility index (Phi) is 6.23. The van der Waals surface area contributed by atoms with Crippen LogP contribution in [0.25, 0.3) is 20.4 Å². The highest BCUT2D eigenvalue weighted by Crippen LogP contribution is 2.42. The van der Waals surface area contributed by atoms with Crippen LogP contribution in [0, 0.1) is 0 Å². The third kappa shape index (κ3) is 4.29. The van der Waals surface area contributed by atoms with Crippen LogP contribution in [0.2, 0.25) is 0 Å². The summed E-state index contributed by atoms with van der Waals surface area (Å²) >= 11 is 1.73. The largest absolute Gasteiger partial charge is 0.370 e. The summed E-state index contributed by atoms with van der Waals surface area (Å²) in [7, 11) is 4.37. The molecule has 2 N–H and O–H groups in total. The molecule has 0 radical (unpaired) electrons. The van der Waals surface area contributed by atoms with E-state index in [4.69, 9.17) is 14.7 Å². The molecule has 0 spiro atoms. The van der Waals surface area contributed by atoms with Gasteiger partial charge < -0.3 is 15.0 Å². The summed E-state index contributed by atoms with van der Waals surface area (Å²) < 4.78 is 7.30. The number of nitrogens with one attached hydrogen (secondary N) is 2. The van der Waals surface area contributed by atoms with E-state index < -0.39 is 0 Å². The number of aromatic nitrogens is 3. The molecule has 0 aliphatic carbocycles. The van der Waals surface area contributed by atoms with Gasteiger partial charge in [0.2, 0.25) is 0 Å².